The van der Waals surface area contributed by atoms with Crippen molar-refractivity contribution in [3.05, 3.63) is 63.9 Å². The van der Waals surface area contributed by atoms with Crippen LogP contribution in [0.1, 0.15) is 28.8 Å². The summed E-state index contributed by atoms with van der Waals surface area (Å²) in [7, 11) is 0. The molecule has 1 saturated heterocycles. The molecule has 1 fully saturated rings. The molecule has 29 heavy (non-hydrogen) atoms. The molecule has 1 aliphatic heterocycles. The molecule has 2 N–H and O–H groups in total. The van der Waals surface area contributed by atoms with Crippen molar-refractivity contribution in [3.63, 3.8) is 0 Å². The van der Waals surface area contributed by atoms with Crippen LogP contribution >= 0.6 is 15.9 Å². The van der Waals surface area contributed by atoms with E-state index >= 15 is 0 Å². The first-order chi connectivity index (χ1) is 13.9. The number of halogens is 2. The van der Waals surface area contributed by atoms with Crippen LogP contribution in [0, 0.1) is 5.82 Å². The number of Topliss-reactive ketones (excluding diaryl/α,β-unsaturated/α-hetero) is 1. The minimum atomic E-state index is -0.692. The van der Waals surface area contributed by atoms with Gasteiger partial charge in [-0.25, -0.2) is 9.18 Å². The number of aliphatic hydroxyl groups is 2. The number of urea groups is 1. The van der Waals surface area contributed by atoms with Gasteiger partial charge in [0.25, 0.3) is 0 Å². The molecule has 154 valence electrons. The third-order valence-corrected chi connectivity index (χ3v) is 5.43. The predicted octanol–water partition coefficient (Wildman–Crippen LogP) is 3.35. The smallest absolute Gasteiger partial charge is 0.324 e. The van der Waals surface area contributed by atoms with E-state index in [0.717, 1.165) is 10.5 Å². The van der Waals surface area contributed by atoms with Crippen LogP contribution in [0.2, 0.25) is 0 Å². The summed E-state index contributed by atoms with van der Waals surface area (Å²) in [4.78, 5) is 27.9. The van der Waals surface area contributed by atoms with Crippen molar-refractivity contribution in [2.24, 2.45) is 0 Å². The first-order valence-electron chi connectivity index (χ1n) is 9.31. The topological polar surface area (TPSA) is 81.1 Å². The number of benzene rings is 2. The lowest BCUT2D eigenvalue weighted by molar-refractivity contribution is 0.0902. The number of likely N-dealkylation sites (tertiary alicyclic amines) is 1. The molecule has 1 heterocycles. The molecule has 0 spiro atoms. The van der Waals surface area contributed by atoms with Crippen molar-refractivity contribution in [2.45, 2.75) is 25.5 Å². The lowest BCUT2D eigenvalue weighted by Gasteiger charge is -2.34. The van der Waals surface area contributed by atoms with Crippen LogP contribution in [0.4, 0.5) is 14.9 Å². The Morgan fingerprint density at radius 1 is 1.17 bits per heavy atom. The van der Waals surface area contributed by atoms with Crippen LogP contribution in [0.5, 0.6) is 0 Å². The molecule has 0 radical (unpaired) electrons. The fourth-order valence-electron chi connectivity index (χ4n) is 3.25. The van der Waals surface area contributed by atoms with Crippen LogP contribution in [0.25, 0.3) is 0 Å². The first kappa shape index (κ1) is 21.4. The van der Waals surface area contributed by atoms with E-state index in [0.29, 0.717) is 31.6 Å². The van der Waals surface area contributed by atoms with E-state index in [1.54, 1.807) is 23.1 Å². The molecule has 3 rings (SSSR count). The normalized spacial score (nSPS) is 14.7. The summed E-state index contributed by atoms with van der Waals surface area (Å²) in [6.45, 7) is 0.143. The van der Waals surface area contributed by atoms with Gasteiger partial charge in [-0.1, -0.05) is 34.1 Å². The van der Waals surface area contributed by atoms with E-state index in [4.69, 9.17) is 5.11 Å². The van der Waals surface area contributed by atoms with Gasteiger partial charge in [-0.15, -0.1) is 0 Å². The third kappa shape index (κ3) is 5.20. The molecular weight excluding hydrogens is 443 g/mol. The molecule has 1 aliphatic rings. The van der Waals surface area contributed by atoms with Gasteiger partial charge in [-0.05, 0) is 37.1 Å². The van der Waals surface area contributed by atoms with Crippen molar-refractivity contribution in [3.8, 4) is 0 Å². The van der Waals surface area contributed by atoms with Crippen LogP contribution in [0.3, 0.4) is 0 Å². The number of hydrogen-bond acceptors (Lipinski definition) is 4. The molecule has 2 amide bonds. The third-order valence-electron chi connectivity index (χ3n) is 4.93. The Morgan fingerprint density at radius 3 is 2.52 bits per heavy atom. The highest BCUT2D eigenvalue weighted by Crippen LogP contribution is 2.25. The van der Waals surface area contributed by atoms with Crippen LogP contribution < -0.4 is 4.90 Å². The molecule has 0 aromatic heterocycles. The van der Waals surface area contributed by atoms with Gasteiger partial charge in [0, 0.05) is 34.4 Å². The summed E-state index contributed by atoms with van der Waals surface area (Å²) >= 11 is 3.40. The van der Waals surface area contributed by atoms with Crippen LogP contribution in [0.15, 0.2) is 46.9 Å². The fourth-order valence-corrected chi connectivity index (χ4v) is 3.64. The molecule has 2 aromatic carbocycles. The highest BCUT2D eigenvalue weighted by atomic mass is 79.9. The van der Waals surface area contributed by atoms with Crippen molar-refractivity contribution in [2.75, 3.05) is 24.6 Å². The van der Waals surface area contributed by atoms with E-state index in [9.17, 15) is 19.1 Å². The minimum absolute atomic E-state index is 0.0201. The Kier molecular flexibility index (Phi) is 7.00. The van der Waals surface area contributed by atoms with Gasteiger partial charge in [0.05, 0.1) is 12.6 Å². The second kappa shape index (κ2) is 9.47. The predicted molar refractivity (Wildman–Crippen MR) is 110 cm³/mol. The number of anilines is 1. The van der Waals surface area contributed by atoms with Gasteiger partial charge in [0.15, 0.2) is 5.78 Å². The maximum absolute atomic E-state index is 14.6. The Morgan fingerprint density at radius 2 is 1.90 bits per heavy atom. The van der Waals surface area contributed by atoms with E-state index < -0.39 is 24.3 Å². The van der Waals surface area contributed by atoms with E-state index in [1.807, 2.05) is 6.07 Å². The lowest BCUT2D eigenvalue weighted by atomic mass is 10.1. The largest absolute Gasteiger partial charge is 0.393 e. The number of hydrogen-bond donors (Lipinski definition) is 2. The average molecular weight is 465 g/mol. The number of ketones is 1. The molecule has 2 aromatic rings. The summed E-state index contributed by atoms with van der Waals surface area (Å²) < 4.78 is 15.4. The second-order valence-corrected chi connectivity index (χ2v) is 7.87. The van der Waals surface area contributed by atoms with Crippen molar-refractivity contribution in [1.29, 1.82) is 0 Å². The van der Waals surface area contributed by atoms with Gasteiger partial charge in [0.2, 0.25) is 0 Å². The van der Waals surface area contributed by atoms with Crippen molar-refractivity contribution in [1.82, 2.24) is 4.90 Å². The summed E-state index contributed by atoms with van der Waals surface area (Å²) in [6, 6.07) is 10.9. The zero-order valence-corrected chi connectivity index (χ0v) is 17.3. The second-order valence-electron chi connectivity index (χ2n) is 6.95. The highest BCUT2D eigenvalue weighted by molar-refractivity contribution is 9.10. The zero-order chi connectivity index (χ0) is 21.0. The molecule has 6 nitrogen and oxygen atoms in total. The quantitative estimate of drug-likeness (QED) is 0.664. The van der Waals surface area contributed by atoms with Gasteiger partial charge < -0.3 is 15.1 Å². The number of aliphatic hydroxyl groups excluding tert-OH is 2. The molecule has 0 saturated carbocycles. The maximum Gasteiger partial charge on any atom is 0.324 e. The zero-order valence-electron chi connectivity index (χ0n) is 15.7. The number of carbonyl (C=O) groups is 2. The van der Waals surface area contributed by atoms with E-state index in [1.165, 1.54) is 17.0 Å². The molecule has 0 unspecified atom stereocenters. The molecule has 0 aliphatic carbocycles. The van der Waals surface area contributed by atoms with Crippen molar-refractivity contribution >= 4 is 33.4 Å². The number of piperidine rings is 1. The average Bonchev–Trinajstić information content (AvgIpc) is 2.72. The van der Waals surface area contributed by atoms with Gasteiger partial charge >= 0.3 is 6.03 Å². The number of nitrogens with zero attached hydrogens (tertiary/aromatic N) is 2. The van der Waals surface area contributed by atoms with Crippen molar-refractivity contribution < 1.29 is 24.2 Å². The summed E-state index contributed by atoms with van der Waals surface area (Å²) in [5, 5.41) is 18.7. The first-order valence-corrected chi connectivity index (χ1v) is 10.1. The number of amides is 2. The standard InChI is InChI=1S/C21H22BrFN2O4/c22-16-2-1-3-17(11-16)25(21(29)24-8-6-18(27)7-9-24)12-15-5-4-14(10-19(15)23)20(28)13-26/h1-5,10-11,18,26-27H,6-9,12-13H2. The number of rotatable bonds is 5. The van der Waals surface area contributed by atoms with Crippen LogP contribution in [-0.4, -0.2) is 52.7 Å². The van der Waals surface area contributed by atoms with Gasteiger partial charge in [0.1, 0.15) is 12.4 Å². The molecule has 0 bridgehead atoms. The molecule has 0 atom stereocenters. The Bertz CT molecular complexity index is 900. The minimum Gasteiger partial charge on any atom is -0.393 e. The SMILES string of the molecule is O=C(CO)c1ccc(CN(C(=O)N2CCC(O)CC2)c2cccc(Br)c2)c(F)c1. The Hall–Kier alpha value is -2.29. The summed E-state index contributed by atoms with van der Waals surface area (Å²) in [5.41, 5.74) is 0.939. The summed E-state index contributed by atoms with van der Waals surface area (Å²) in [5.74, 6) is -1.19. The Balaban J connectivity index is 1.89. The molecular formula is C21H22BrFN2O4. The number of carbonyl (C=O) groups excluding carboxylic acids is 2. The monoisotopic (exact) mass is 464 g/mol. The summed E-state index contributed by atoms with van der Waals surface area (Å²) in [6.07, 6.45) is 0.599. The Labute approximate surface area is 176 Å². The van der Waals surface area contributed by atoms with E-state index in [-0.39, 0.29) is 23.7 Å². The van der Waals surface area contributed by atoms with Crippen LogP contribution in [-0.2, 0) is 6.54 Å². The fraction of sp³-hybridized carbons (Fsp3) is 0.333. The van der Waals surface area contributed by atoms with Gasteiger partial charge in [-0.3, -0.25) is 9.69 Å². The highest BCUT2D eigenvalue weighted by Gasteiger charge is 2.27. The lowest BCUT2D eigenvalue weighted by Crippen LogP contribution is -2.47. The maximum atomic E-state index is 14.6. The molecule has 8 heteroatoms. The van der Waals surface area contributed by atoms with Gasteiger partial charge in [-0.2, -0.15) is 0 Å². The van der Waals surface area contributed by atoms with E-state index in [2.05, 4.69) is 15.9 Å².